The monoisotopic (exact) mass is 158 g/mol. The molecule has 1 rings (SSSR count). The number of hydrogen-bond acceptors (Lipinski definition) is 5. The van der Waals surface area contributed by atoms with Crippen molar-refractivity contribution in [3.05, 3.63) is 0 Å². The first-order valence-corrected chi connectivity index (χ1v) is 2.77. The highest BCUT2D eigenvalue weighted by Crippen LogP contribution is 1.88. The molecule has 0 aromatic carbocycles. The van der Waals surface area contributed by atoms with Crippen molar-refractivity contribution in [1.82, 2.24) is 16.1 Å². The van der Waals surface area contributed by atoms with E-state index in [0.29, 0.717) is 0 Å². The molecule has 1 heterocycles. The first-order valence-electron chi connectivity index (χ1n) is 2.77. The molecule has 1 fully saturated rings. The minimum atomic E-state index is -1.19. The van der Waals surface area contributed by atoms with Crippen molar-refractivity contribution in [3.63, 3.8) is 0 Å². The molecule has 1 saturated heterocycles. The molecule has 1 aliphatic rings. The van der Waals surface area contributed by atoms with Crippen molar-refractivity contribution in [2.45, 2.75) is 6.04 Å². The van der Waals surface area contributed by atoms with Crippen LogP contribution in [-0.4, -0.2) is 23.9 Å². The molecule has 0 saturated carbocycles. The van der Waals surface area contributed by atoms with E-state index in [1.54, 1.807) is 0 Å². The quantitative estimate of drug-likeness (QED) is 0.187. The number of imide groups is 2. The number of urea groups is 1. The van der Waals surface area contributed by atoms with Crippen LogP contribution in [0.2, 0.25) is 0 Å². The molecule has 7 nitrogen and oxygen atoms in total. The van der Waals surface area contributed by atoms with Crippen LogP contribution in [0.5, 0.6) is 0 Å². The maximum absolute atomic E-state index is 10.7. The van der Waals surface area contributed by atoms with Crippen LogP contribution >= 0.6 is 0 Å². The van der Waals surface area contributed by atoms with Crippen LogP contribution in [0.1, 0.15) is 0 Å². The molecule has 5 N–H and O–H groups in total. The average Bonchev–Trinajstić information content (AvgIpc) is 1.85. The first kappa shape index (κ1) is 7.63. The summed E-state index contributed by atoms with van der Waals surface area (Å²) in [4.78, 5) is 31.8. The average molecular weight is 158 g/mol. The van der Waals surface area contributed by atoms with Crippen LogP contribution in [-0.2, 0) is 9.59 Å². The van der Waals surface area contributed by atoms with Gasteiger partial charge in [-0.3, -0.25) is 26.1 Å². The minimum absolute atomic E-state index is 0.749. The molecular weight excluding hydrogens is 152 g/mol. The van der Waals surface area contributed by atoms with E-state index in [0.717, 1.165) is 0 Å². The highest BCUT2D eigenvalue weighted by molar-refractivity contribution is 6.18. The van der Waals surface area contributed by atoms with Gasteiger partial charge >= 0.3 is 6.03 Å². The Bertz CT molecular complexity index is 205. The van der Waals surface area contributed by atoms with E-state index in [2.05, 4.69) is 0 Å². The van der Waals surface area contributed by atoms with Gasteiger partial charge in [0.25, 0.3) is 11.8 Å². The lowest BCUT2D eigenvalue weighted by atomic mass is 10.2. The van der Waals surface area contributed by atoms with Gasteiger partial charge in [-0.15, -0.1) is 0 Å². The van der Waals surface area contributed by atoms with Crippen molar-refractivity contribution >= 4 is 17.8 Å². The Morgan fingerprint density at radius 1 is 1.18 bits per heavy atom. The number of carbonyl (C=O) groups is 3. The van der Waals surface area contributed by atoms with Gasteiger partial charge in [0.1, 0.15) is 0 Å². The standard InChI is InChI=1S/C4H6N4O3/c5-8-1-2(9)6-4(11)7-3(1)10/h1,8H,5H2,(H2,6,7,9,10,11). The zero-order valence-corrected chi connectivity index (χ0v) is 5.38. The lowest BCUT2D eigenvalue weighted by Gasteiger charge is -2.18. The summed E-state index contributed by atoms with van der Waals surface area (Å²) in [6.45, 7) is 0. The lowest BCUT2D eigenvalue weighted by Crippen LogP contribution is -2.64. The second kappa shape index (κ2) is 2.64. The maximum Gasteiger partial charge on any atom is 0.328 e. The molecule has 11 heavy (non-hydrogen) atoms. The Labute approximate surface area is 61.3 Å². The molecule has 60 valence electrons. The van der Waals surface area contributed by atoms with Crippen LogP contribution in [0.3, 0.4) is 0 Å². The maximum atomic E-state index is 10.7. The molecule has 1 aliphatic heterocycles. The van der Waals surface area contributed by atoms with E-state index < -0.39 is 23.9 Å². The van der Waals surface area contributed by atoms with Gasteiger partial charge in [-0.25, -0.2) is 10.2 Å². The predicted octanol–water partition coefficient (Wildman–Crippen LogP) is -2.82. The van der Waals surface area contributed by atoms with E-state index in [1.165, 1.54) is 0 Å². The van der Waals surface area contributed by atoms with Gasteiger partial charge < -0.3 is 0 Å². The van der Waals surface area contributed by atoms with Crippen LogP contribution in [0.4, 0.5) is 4.79 Å². The van der Waals surface area contributed by atoms with Crippen LogP contribution in [0.15, 0.2) is 0 Å². The summed E-state index contributed by atoms with van der Waals surface area (Å²) in [5.41, 5.74) is 1.95. The molecular formula is C4H6N4O3. The topological polar surface area (TPSA) is 113 Å². The second-order valence-electron chi connectivity index (χ2n) is 1.91. The van der Waals surface area contributed by atoms with Gasteiger partial charge in [0.05, 0.1) is 0 Å². The summed E-state index contributed by atoms with van der Waals surface area (Å²) in [7, 11) is 0. The van der Waals surface area contributed by atoms with Crippen molar-refractivity contribution in [3.8, 4) is 0 Å². The first-order chi connectivity index (χ1) is 5.15. The number of rotatable bonds is 1. The summed E-state index contributed by atoms with van der Waals surface area (Å²) in [5, 5.41) is 3.72. The van der Waals surface area contributed by atoms with Crippen molar-refractivity contribution < 1.29 is 14.4 Å². The highest BCUT2D eigenvalue weighted by atomic mass is 16.2. The molecule has 0 atom stereocenters. The molecule has 7 heteroatoms. The fraction of sp³-hybridized carbons (Fsp3) is 0.250. The molecule has 0 unspecified atom stereocenters. The summed E-state index contributed by atoms with van der Waals surface area (Å²) < 4.78 is 0. The molecule has 0 bridgehead atoms. The van der Waals surface area contributed by atoms with E-state index >= 15 is 0 Å². The molecule has 0 aromatic rings. The zero-order chi connectivity index (χ0) is 8.43. The van der Waals surface area contributed by atoms with Gasteiger partial charge in [-0.2, -0.15) is 0 Å². The van der Waals surface area contributed by atoms with E-state index in [9.17, 15) is 14.4 Å². The van der Waals surface area contributed by atoms with Crippen LogP contribution < -0.4 is 21.9 Å². The Morgan fingerprint density at radius 3 is 2.00 bits per heavy atom. The summed E-state index contributed by atoms with van der Waals surface area (Å²) in [6, 6.07) is -2.01. The summed E-state index contributed by atoms with van der Waals surface area (Å²) in [6.07, 6.45) is 0. The number of hydrogen-bond donors (Lipinski definition) is 4. The molecule has 0 aliphatic carbocycles. The largest absolute Gasteiger partial charge is 0.328 e. The van der Waals surface area contributed by atoms with Crippen molar-refractivity contribution in [1.29, 1.82) is 0 Å². The van der Waals surface area contributed by atoms with Crippen molar-refractivity contribution in [2.24, 2.45) is 5.84 Å². The fourth-order valence-electron chi connectivity index (χ4n) is 0.670. The Hall–Kier alpha value is -1.47. The molecule has 4 amide bonds. The predicted molar refractivity (Wildman–Crippen MR) is 32.8 cm³/mol. The minimum Gasteiger partial charge on any atom is -0.276 e. The summed E-state index contributed by atoms with van der Waals surface area (Å²) in [5.74, 6) is 3.35. The SMILES string of the molecule is NNC1C(=O)NC(=O)NC1=O. The molecule has 0 aromatic heterocycles. The normalized spacial score (nSPS) is 19.5. The number of carbonyl (C=O) groups excluding carboxylic acids is 3. The zero-order valence-electron chi connectivity index (χ0n) is 5.38. The Kier molecular flexibility index (Phi) is 1.83. The molecule has 0 spiro atoms. The third-order valence-corrected chi connectivity index (χ3v) is 1.16. The third-order valence-electron chi connectivity index (χ3n) is 1.16. The van der Waals surface area contributed by atoms with Gasteiger partial charge in [0.15, 0.2) is 6.04 Å². The second-order valence-corrected chi connectivity index (χ2v) is 1.91. The van der Waals surface area contributed by atoms with Crippen LogP contribution in [0.25, 0.3) is 0 Å². The van der Waals surface area contributed by atoms with Crippen LogP contribution in [0, 0.1) is 0 Å². The van der Waals surface area contributed by atoms with Gasteiger partial charge in [-0.05, 0) is 0 Å². The van der Waals surface area contributed by atoms with Gasteiger partial charge in [-0.1, -0.05) is 0 Å². The van der Waals surface area contributed by atoms with E-state index in [1.807, 2.05) is 16.1 Å². The smallest absolute Gasteiger partial charge is 0.276 e. The summed E-state index contributed by atoms with van der Waals surface area (Å²) >= 11 is 0. The van der Waals surface area contributed by atoms with E-state index in [4.69, 9.17) is 5.84 Å². The molecule has 0 radical (unpaired) electrons. The number of nitrogens with one attached hydrogen (secondary N) is 3. The highest BCUT2D eigenvalue weighted by Gasteiger charge is 2.32. The lowest BCUT2D eigenvalue weighted by molar-refractivity contribution is -0.133. The number of nitrogens with two attached hydrogens (primary N) is 1. The fourth-order valence-corrected chi connectivity index (χ4v) is 0.670. The Balaban J connectivity index is 2.74. The number of barbiturate groups is 1. The number of amides is 4. The Morgan fingerprint density at radius 2 is 1.64 bits per heavy atom. The van der Waals surface area contributed by atoms with E-state index in [-0.39, 0.29) is 0 Å². The van der Waals surface area contributed by atoms with Crippen molar-refractivity contribution in [2.75, 3.05) is 0 Å². The van der Waals surface area contributed by atoms with Gasteiger partial charge in [0.2, 0.25) is 0 Å². The van der Waals surface area contributed by atoms with Gasteiger partial charge in [0, 0.05) is 0 Å². The number of hydrazine groups is 1. The third kappa shape index (κ3) is 1.33.